The van der Waals surface area contributed by atoms with Crippen molar-refractivity contribution in [3.05, 3.63) is 0 Å². The highest BCUT2D eigenvalue weighted by Crippen LogP contribution is 2.18. The minimum atomic E-state index is 0. The van der Waals surface area contributed by atoms with Crippen LogP contribution in [-0.4, -0.2) is 112 Å². The molecule has 2 aliphatic heterocycles. The number of carbonyl (C=O) groups excluding carboxylic acids is 1. The zero-order valence-corrected chi connectivity index (χ0v) is 21.9. The molecule has 2 aliphatic rings. The van der Waals surface area contributed by atoms with E-state index in [2.05, 4.69) is 39.3 Å². The van der Waals surface area contributed by atoms with E-state index in [0.717, 1.165) is 77.7 Å². The molecule has 0 aliphatic carbocycles. The molecule has 2 fully saturated rings. The molecule has 176 valence electrons. The summed E-state index contributed by atoms with van der Waals surface area (Å²) in [5.74, 6) is 1.65. The van der Waals surface area contributed by atoms with E-state index in [1.54, 1.807) is 4.90 Å². The van der Waals surface area contributed by atoms with Crippen LogP contribution in [0.4, 0.5) is 0 Å². The highest BCUT2D eigenvalue weighted by Gasteiger charge is 2.31. The van der Waals surface area contributed by atoms with Gasteiger partial charge in [0.15, 0.2) is 5.96 Å². The van der Waals surface area contributed by atoms with Gasteiger partial charge in [-0.25, -0.2) is 0 Å². The van der Waals surface area contributed by atoms with E-state index >= 15 is 0 Å². The van der Waals surface area contributed by atoms with Crippen molar-refractivity contribution in [3.63, 3.8) is 0 Å². The molecule has 0 radical (unpaired) electrons. The first kappa shape index (κ1) is 27.4. The molecule has 0 saturated carbocycles. The standard InChI is InChI=1S/C21H42N6O2.HI/c1-17(2)19(27-12-14-29-15-13-27)16-24-21(22-3)23-9-7-11-26-10-6-8-18(26)20(28)25(4)5;/h17-19H,6-16H2,1-5H3,(H2,22,23,24);1H. The zero-order chi connectivity index (χ0) is 21.2. The minimum absolute atomic E-state index is 0. The number of ether oxygens (including phenoxy) is 1. The lowest BCUT2D eigenvalue weighted by molar-refractivity contribution is -0.133. The van der Waals surface area contributed by atoms with Crippen molar-refractivity contribution >= 4 is 35.8 Å². The second-order valence-electron chi connectivity index (χ2n) is 8.62. The van der Waals surface area contributed by atoms with Gasteiger partial charge in [-0.15, -0.1) is 24.0 Å². The van der Waals surface area contributed by atoms with E-state index in [0.29, 0.717) is 12.0 Å². The van der Waals surface area contributed by atoms with Crippen LogP contribution in [0.2, 0.25) is 0 Å². The highest BCUT2D eigenvalue weighted by atomic mass is 127. The summed E-state index contributed by atoms with van der Waals surface area (Å²) in [6, 6.07) is 0.530. The molecular formula is C21H43IN6O2. The van der Waals surface area contributed by atoms with Gasteiger partial charge in [0.2, 0.25) is 5.91 Å². The summed E-state index contributed by atoms with van der Waals surface area (Å²) < 4.78 is 5.49. The van der Waals surface area contributed by atoms with Crippen molar-refractivity contribution in [1.29, 1.82) is 0 Å². The third-order valence-corrected chi connectivity index (χ3v) is 5.99. The van der Waals surface area contributed by atoms with Gasteiger partial charge in [-0.05, 0) is 31.7 Å². The smallest absolute Gasteiger partial charge is 0.239 e. The Hall–Kier alpha value is -0.650. The lowest BCUT2D eigenvalue weighted by Crippen LogP contribution is -2.52. The number of hydrogen-bond acceptors (Lipinski definition) is 5. The van der Waals surface area contributed by atoms with Gasteiger partial charge in [-0.1, -0.05) is 13.8 Å². The molecule has 2 saturated heterocycles. The fraction of sp³-hybridized carbons (Fsp3) is 0.905. The van der Waals surface area contributed by atoms with E-state index in [1.165, 1.54) is 0 Å². The molecule has 0 spiro atoms. The molecule has 2 N–H and O–H groups in total. The fourth-order valence-corrected chi connectivity index (χ4v) is 4.28. The Bertz CT molecular complexity index is 526. The van der Waals surface area contributed by atoms with E-state index in [-0.39, 0.29) is 35.9 Å². The van der Waals surface area contributed by atoms with E-state index < -0.39 is 0 Å². The Balaban J connectivity index is 0.00000450. The Morgan fingerprint density at radius 1 is 1.20 bits per heavy atom. The fourth-order valence-electron chi connectivity index (χ4n) is 4.28. The van der Waals surface area contributed by atoms with Crippen molar-refractivity contribution < 1.29 is 9.53 Å². The molecule has 8 nitrogen and oxygen atoms in total. The maximum atomic E-state index is 12.3. The van der Waals surface area contributed by atoms with Gasteiger partial charge in [0, 0.05) is 59.9 Å². The van der Waals surface area contributed by atoms with E-state index in [9.17, 15) is 4.79 Å². The number of aliphatic imine (C=N–C) groups is 1. The Morgan fingerprint density at radius 2 is 1.90 bits per heavy atom. The minimum Gasteiger partial charge on any atom is -0.379 e. The van der Waals surface area contributed by atoms with Crippen LogP contribution >= 0.6 is 24.0 Å². The average Bonchev–Trinajstić information content (AvgIpc) is 3.18. The molecule has 0 aromatic rings. The van der Waals surface area contributed by atoms with Gasteiger partial charge < -0.3 is 20.3 Å². The van der Waals surface area contributed by atoms with Gasteiger partial charge >= 0.3 is 0 Å². The number of amides is 1. The lowest BCUT2D eigenvalue weighted by atomic mass is 10.0. The number of rotatable bonds is 9. The summed E-state index contributed by atoms with van der Waals surface area (Å²) in [4.78, 5) is 23.2. The predicted octanol–water partition coefficient (Wildman–Crippen LogP) is 1.07. The molecule has 2 rings (SSSR count). The summed E-state index contributed by atoms with van der Waals surface area (Å²) in [6.07, 6.45) is 3.08. The number of likely N-dealkylation sites (tertiary alicyclic amines) is 1. The van der Waals surface area contributed by atoms with Crippen LogP contribution in [0.15, 0.2) is 4.99 Å². The van der Waals surface area contributed by atoms with Crippen molar-refractivity contribution in [1.82, 2.24) is 25.3 Å². The molecule has 30 heavy (non-hydrogen) atoms. The van der Waals surface area contributed by atoms with Crippen LogP contribution < -0.4 is 10.6 Å². The van der Waals surface area contributed by atoms with Crippen LogP contribution in [0.25, 0.3) is 0 Å². The highest BCUT2D eigenvalue weighted by molar-refractivity contribution is 14.0. The average molecular weight is 539 g/mol. The van der Waals surface area contributed by atoms with Crippen LogP contribution in [0.1, 0.15) is 33.1 Å². The van der Waals surface area contributed by atoms with Crippen LogP contribution in [0, 0.1) is 5.92 Å². The molecular weight excluding hydrogens is 495 g/mol. The number of likely N-dealkylation sites (N-methyl/N-ethyl adjacent to an activating group) is 1. The van der Waals surface area contributed by atoms with Gasteiger partial charge in [-0.3, -0.25) is 19.6 Å². The van der Waals surface area contributed by atoms with Crippen molar-refractivity contribution in [2.75, 3.05) is 73.6 Å². The third-order valence-electron chi connectivity index (χ3n) is 5.99. The monoisotopic (exact) mass is 538 g/mol. The first-order valence-electron chi connectivity index (χ1n) is 11.2. The number of carbonyl (C=O) groups is 1. The summed E-state index contributed by atoms with van der Waals surface area (Å²) in [7, 11) is 5.51. The second-order valence-corrected chi connectivity index (χ2v) is 8.62. The summed E-state index contributed by atoms with van der Waals surface area (Å²) in [5.41, 5.74) is 0. The zero-order valence-electron chi connectivity index (χ0n) is 19.5. The Labute approximate surface area is 200 Å². The first-order valence-corrected chi connectivity index (χ1v) is 11.2. The first-order chi connectivity index (χ1) is 13.9. The van der Waals surface area contributed by atoms with Crippen molar-refractivity contribution in [2.45, 2.75) is 45.2 Å². The van der Waals surface area contributed by atoms with Crippen molar-refractivity contribution in [3.8, 4) is 0 Å². The quantitative estimate of drug-likeness (QED) is 0.198. The topological polar surface area (TPSA) is 72.4 Å². The van der Waals surface area contributed by atoms with Crippen LogP contribution in [0.3, 0.4) is 0 Å². The maximum absolute atomic E-state index is 12.3. The van der Waals surface area contributed by atoms with E-state index in [1.807, 2.05) is 21.1 Å². The molecule has 2 unspecified atom stereocenters. The molecule has 0 aromatic heterocycles. The second kappa shape index (κ2) is 14.4. The number of halogens is 1. The van der Waals surface area contributed by atoms with Crippen LogP contribution in [-0.2, 0) is 9.53 Å². The van der Waals surface area contributed by atoms with Crippen LogP contribution in [0.5, 0.6) is 0 Å². The number of hydrogen-bond donors (Lipinski definition) is 2. The largest absolute Gasteiger partial charge is 0.379 e. The Kier molecular flexibility index (Phi) is 13.2. The molecule has 2 heterocycles. The maximum Gasteiger partial charge on any atom is 0.239 e. The van der Waals surface area contributed by atoms with E-state index in [4.69, 9.17) is 4.74 Å². The number of nitrogens with zero attached hydrogens (tertiary/aromatic N) is 4. The molecule has 0 aromatic carbocycles. The van der Waals surface area contributed by atoms with Gasteiger partial charge in [0.1, 0.15) is 0 Å². The summed E-state index contributed by atoms with van der Waals surface area (Å²) in [5, 5.41) is 6.93. The number of guanidine groups is 1. The lowest BCUT2D eigenvalue weighted by Gasteiger charge is -2.37. The SMILES string of the molecule is CN=C(NCCCN1CCCC1C(=O)N(C)C)NCC(C(C)C)N1CCOCC1.I. The van der Waals surface area contributed by atoms with Gasteiger partial charge in [-0.2, -0.15) is 0 Å². The number of morpholine rings is 1. The van der Waals surface area contributed by atoms with Gasteiger partial charge in [0.05, 0.1) is 19.3 Å². The molecule has 9 heteroatoms. The summed E-state index contributed by atoms with van der Waals surface area (Å²) in [6.45, 7) is 11.9. The van der Waals surface area contributed by atoms with Gasteiger partial charge in [0.25, 0.3) is 0 Å². The Morgan fingerprint density at radius 3 is 2.50 bits per heavy atom. The number of nitrogens with one attached hydrogen (secondary N) is 2. The third kappa shape index (κ3) is 8.47. The summed E-state index contributed by atoms with van der Waals surface area (Å²) >= 11 is 0. The molecule has 1 amide bonds. The normalized spacial score (nSPS) is 21.9. The predicted molar refractivity (Wildman–Crippen MR) is 134 cm³/mol. The van der Waals surface area contributed by atoms with Crippen molar-refractivity contribution in [2.24, 2.45) is 10.9 Å². The molecule has 0 bridgehead atoms. The molecule has 2 atom stereocenters.